The van der Waals surface area contributed by atoms with E-state index < -0.39 is 0 Å². The van der Waals surface area contributed by atoms with Crippen LogP contribution in [0.4, 0.5) is 11.6 Å². The third-order valence-electron chi connectivity index (χ3n) is 3.19. The summed E-state index contributed by atoms with van der Waals surface area (Å²) < 4.78 is 5.44. The van der Waals surface area contributed by atoms with Crippen molar-refractivity contribution < 1.29 is 4.74 Å². The molecule has 0 amide bonds. The van der Waals surface area contributed by atoms with Gasteiger partial charge in [-0.3, -0.25) is 0 Å². The van der Waals surface area contributed by atoms with Crippen LogP contribution in [0, 0.1) is 0 Å². The second-order valence-corrected chi connectivity index (χ2v) is 6.34. The Balaban J connectivity index is 2.29. The van der Waals surface area contributed by atoms with Gasteiger partial charge in [0, 0.05) is 18.1 Å². The van der Waals surface area contributed by atoms with Crippen molar-refractivity contribution in [3.05, 3.63) is 11.9 Å². The molecule has 0 saturated carbocycles. The average molecular weight is 265 g/mol. The lowest BCUT2D eigenvalue weighted by Gasteiger charge is -2.26. The number of rotatable bonds is 3. The molecular formula is C13H23N5O. The van der Waals surface area contributed by atoms with Gasteiger partial charge < -0.3 is 15.5 Å². The number of hydrazine groups is 1. The van der Waals surface area contributed by atoms with Gasteiger partial charge in [-0.1, -0.05) is 20.8 Å². The third-order valence-corrected chi connectivity index (χ3v) is 3.19. The van der Waals surface area contributed by atoms with Crippen LogP contribution in [0.2, 0.25) is 0 Å². The fraction of sp³-hybridized carbons (Fsp3) is 0.692. The summed E-state index contributed by atoms with van der Waals surface area (Å²) in [6, 6.07) is 1.82. The maximum atomic E-state index is 5.48. The number of anilines is 2. The average Bonchev–Trinajstić information content (AvgIpc) is 2.74. The Kier molecular flexibility index (Phi) is 3.64. The van der Waals surface area contributed by atoms with Gasteiger partial charge in [-0.25, -0.2) is 15.8 Å². The van der Waals surface area contributed by atoms with Crippen molar-refractivity contribution in [1.29, 1.82) is 0 Å². The standard InChI is InChI=1S/C13H23N5O/c1-12(2,3)11-15-9(7-10(16-11)18-14)17-13(4)5-6-19-8-13/h7H,5-6,8,14H2,1-4H3,(H2,15,16,17,18). The van der Waals surface area contributed by atoms with E-state index in [2.05, 4.69) is 48.4 Å². The minimum absolute atomic E-state index is 0.0740. The monoisotopic (exact) mass is 265 g/mol. The first-order valence-corrected chi connectivity index (χ1v) is 6.54. The summed E-state index contributed by atoms with van der Waals surface area (Å²) in [6.45, 7) is 9.83. The molecule has 0 aromatic carbocycles. The molecule has 0 spiro atoms. The van der Waals surface area contributed by atoms with Gasteiger partial charge in [0.2, 0.25) is 0 Å². The van der Waals surface area contributed by atoms with Crippen molar-refractivity contribution in [2.24, 2.45) is 5.84 Å². The highest BCUT2D eigenvalue weighted by Gasteiger charge is 2.30. The van der Waals surface area contributed by atoms with E-state index in [1.165, 1.54) is 0 Å². The number of nitrogens with zero attached hydrogens (tertiary/aromatic N) is 2. The molecule has 19 heavy (non-hydrogen) atoms. The zero-order chi connectivity index (χ0) is 14.1. The molecule has 1 aliphatic rings. The van der Waals surface area contributed by atoms with Gasteiger partial charge in [0.15, 0.2) is 0 Å². The molecule has 2 heterocycles. The summed E-state index contributed by atoms with van der Waals surface area (Å²) in [5.41, 5.74) is 2.39. The van der Waals surface area contributed by atoms with E-state index in [-0.39, 0.29) is 11.0 Å². The predicted molar refractivity (Wildman–Crippen MR) is 76.0 cm³/mol. The molecule has 1 saturated heterocycles. The SMILES string of the molecule is CC1(Nc2cc(NN)nc(C(C)(C)C)n2)CCOC1. The van der Waals surface area contributed by atoms with Crippen molar-refractivity contribution in [3.63, 3.8) is 0 Å². The molecule has 6 nitrogen and oxygen atoms in total. The largest absolute Gasteiger partial charge is 0.379 e. The predicted octanol–water partition coefficient (Wildman–Crippen LogP) is 1.65. The number of ether oxygens (including phenoxy) is 1. The van der Waals surface area contributed by atoms with Crippen LogP contribution in [0.25, 0.3) is 0 Å². The molecular weight excluding hydrogens is 242 g/mol. The molecule has 0 radical (unpaired) electrons. The lowest BCUT2D eigenvalue weighted by molar-refractivity contribution is 0.185. The first-order chi connectivity index (χ1) is 8.82. The van der Waals surface area contributed by atoms with Crippen LogP contribution in [0.1, 0.15) is 39.9 Å². The zero-order valence-electron chi connectivity index (χ0n) is 12.1. The summed E-state index contributed by atoms with van der Waals surface area (Å²) in [5.74, 6) is 7.63. The first-order valence-electron chi connectivity index (χ1n) is 6.54. The molecule has 1 aromatic heterocycles. The molecule has 6 heteroatoms. The number of hydrogen-bond donors (Lipinski definition) is 3. The molecule has 0 bridgehead atoms. The summed E-state index contributed by atoms with van der Waals surface area (Å²) in [7, 11) is 0. The Morgan fingerprint density at radius 2 is 2.00 bits per heavy atom. The second-order valence-electron chi connectivity index (χ2n) is 6.34. The number of nitrogen functional groups attached to an aromatic ring is 1. The number of hydrogen-bond acceptors (Lipinski definition) is 6. The fourth-order valence-corrected chi connectivity index (χ4v) is 2.00. The maximum absolute atomic E-state index is 5.48. The van der Waals surface area contributed by atoms with Gasteiger partial charge in [-0.2, -0.15) is 0 Å². The van der Waals surface area contributed by atoms with Crippen LogP contribution in [0.15, 0.2) is 6.07 Å². The van der Waals surface area contributed by atoms with Crippen LogP contribution < -0.4 is 16.6 Å². The molecule has 0 aliphatic carbocycles. The van der Waals surface area contributed by atoms with Crippen molar-refractivity contribution >= 4 is 11.6 Å². The van der Waals surface area contributed by atoms with Gasteiger partial charge in [0.25, 0.3) is 0 Å². The highest BCUT2D eigenvalue weighted by molar-refractivity contribution is 5.49. The molecule has 4 N–H and O–H groups in total. The van der Waals surface area contributed by atoms with Crippen LogP contribution in [-0.4, -0.2) is 28.7 Å². The van der Waals surface area contributed by atoms with Crippen molar-refractivity contribution in [2.45, 2.75) is 45.1 Å². The second kappa shape index (κ2) is 4.94. The van der Waals surface area contributed by atoms with Gasteiger partial charge >= 0.3 is 0 Å². The van der Waals surface area contributed by atoms with Gasteiger partial charge in [0.1, 0.15) is 17.5 Å². The molecule has 1 unspecified atom stereocenters. The highest BCUT2D eigenvalue weighted by Crippen LogP contribution is 2.26. The number of nitrogens with one attached hydrogen (secondary N) is 2. The van der Waals surface area contributed by atoms with E-state index in [0.717, 1.165) is 24.7 Å². The molecule has 1 fully saturated rings. The van der Waals surface area contributed by atoms with E-state index in [0.29, 0.717) is 12.4 Å². The van der Waals surface area contributed by atoms with E-state index in [4.69, 9.17) is 10.6 Å². The van der Waals surface area contributed by atoms with E-state index in [1.807, 2.05) is 6.07 Å². The smallest absolute Gasteiger partial charge is 0.145 e. The number of aromatic nitrogens is 2. The normalized spacial score (nSPS) is 23.4. The van der Waals surface area contributed by atoms with Crippen LogP contribution >= 0.6 is 0 Å². The first kappa shape index (κ1) is 14.0. The molecule has 1 aromatic rings. The minimum Gasteiger partial charge on any atom is -0.379 e. The maximum Gasteiger partial charge on any atom is 0.145 e. The summed E-state index contributed by atoms with van der Waals surface area (Å²) in [6.07, 6.45) is 0.966. The highest BCUT2D eigenvalue weighted by atomic mass is 16.5. The summed E-state index contributed by atoms with van der Waals surface area (Å²) in [5, 5.41) is 3.43. The Morgan fingerprint density at radius 1 is 1.32 bits per heavy atom. The Hall–Kier alpha value is -1.40. The van der Waals surface area contributed by atoms with Crippen molar-refractivity contribution in [2.75, 3.05) is 24.0 Å². The zero-order valence-corrected chi connectivity index (χ0v) is 12.1. The van der Waals surface area contributed by atoms with Crippen LogP contribution in [0.5, 0.6) is 0 Å². The fourth-order valence-electron chi connectivity index (χ4n) is 2.00. The minimum atomic E-state index is -0.129. The Labute approximate surface area is 114 Å². The van der Waals surface area contributed by atoms with E-state index >= 15 is 0 Å². The molecule has 1 atom stereocenters. The summed E-state index contributed by atoms with van der Waals surface area (Å²) >= 11 is 0. The quantitative estimate of drug-likeness (QED) is 0.569. The topological polar surface area (TPSA) is 85.1 Å². The van der Waals surface area contributed by atoms with E-state index in [9.17, 15) is 0 Å². The number of nitrogens with two attached hydrogens (primary N) is 1. The molecule has 2 rings (SSSR count). The Morgan fingerprint density at radius 3 is 2.53 bits per heavy atom. The van der Waals surface area contributed by atoms with Gasteiger partial charge in [0.05, 0.1) is 12.1 Å². The van der Waals surface area contributed by atoms with E-state index in [1.54, 1.807) is 0 Å². The molecule has 106 valence electrons. The van der Waals surface area contributed by atoms with Gasteiger partial charge in [-0.05, 0) is 13.3 Å². The lowest BCUT2D eigenvalue weighted by Crippen LogP contribution is -2.35. The van der Waals surface area contributed by atoms with Crippen LogP contribution in [0.3, 0.4) is 0 Å². The van der Waals surface area contributed by atoms with Gasteiger partial charge in [-0.15, -0.1) is 0 Å². The molecule has 1 aliphatic heterocycles. The summed E-state index contributed by atoms with van der Waals surface area (Å²) in [4.78, 5) is 8.99. The third kappa shape index (κ3) is 3.33. The van der Waals surface area contributed by atoms with Crippen molar-refractivity contribution in [1.82, 2.24) is 9.97 Å². The lowest BCUT2D eigenvalue weighted by atomic mass is 9.95. The van der Waals surface area contributed by atoms with Crippen molar-refractivity contribution in [3.8, 4) is 0 Å². The van der Waals surface area contributed by atoms with Crippen LogP contribution in [-0.2, 0) is 10.2 Å². The Bertz CT molecular complexity index is 449.